The molecule has 0 unspecified atom stereocenters. The summed E-state index contributed by atoms with van der Waals surface area (Å²) < 4.78 is 7.95. The summed E-state index contributed by atoms with van der Waals surface area (Å²) in [5.74, 6) is 0.710. The Morgan fingerprint density at radius 3 is 2.55 bits per heavy atom. The van der Waals surface area contributed by atoms with Crippen LogP contribution in [0.4, 0.5) is 5.13 Å². The molecule has 0 aliphatic carbocycles. The van der Waals surface area contributed by atoms with E-state index in [2.05, 4.69) is 23.8 Å². The zero-order valence-corrected chi connectivity index (χ0v) is 19.1. The lowest BCUT2D eigenvalue weighted by Gasteiger charge is -2.25. The van der Waals surface area contributed by atoms with Gasteiger partial charge in [0.1, 0.15) is 11.4 Å². The quantitative estimate of drug-likeness (QED) is 0.537. The van der Waals surface area contributed by atoms with Crippen molar-refractivity contribution in [2.24, 2.45) is 7.05 Å². The monoisotopic (exact) mass is 437 g/mol. The topological polar surface area (TPSA) is 63.5 Å². The number of aromatic nitrogens is 3. The lowest BCUT2D eigenvalue weighted by molar-refractivity contribution is 0.0974. The number of anilines is 1. The van der Waals surface area contributed by atoms with Crippen molar-refractivity contribution in [1.29, 1.82) is 0 Å². The zero-order chi connectivity index (χ0) is 20.3. The van der Waals surface area contributed by atoms with E-state index in [1.807, 2.05) is 25.1 Å². The molecule has 29 heavy (non-hydrogen) atoms. The van der Waals surface area contributed by atoms with E-state index in [-0.39, 0.29) is 18.3 Å². The van der Waals surface area contributed by atoms with Crippen LogP contribution in [0.15, 0.2) is 24.4 Å². The van der Waals surface area contributed by atoms with Gasteiger partial charge in [-0.1, -0.05) is 25.2 Å². The number of aryl methyl sites for hydroxylation is 2. The summed E-state index contributed by atoms with van der Waals surface area (Å²) in [5, 5.41) is 4.93. The van der Waals surface area contributed by atoms with Crippen molar-refractivity contribution in [2.45, 2.75) is 20.8 Å². The van der Waals surface area contributed by atoms with Crippen molar-refractivity contribution in [3.63, 3.8) is 0 Å². The van der Waals surface area contributed by atoms with Gasteiger partial charge in [-0.15, -0.1) is 12.4 Å². The molecule has 0 bridgehead atoms. The number of hydrogen-bond donors (Lipinski definition) is 0. The fourth-order valence-electron chi connectivity index (χ4n) is 3.18. The van der Waals surface area contributed by atoms with Gasteiger partial charge in [0, 0.05) is 20.1 Å². The van der Waals surface area contributed by atoms with Crippen LogP contribution in [-0.4, -0.2) is 58.9 Å². The number of benzene rings is 1. The average molecular weight is 438 g/mol. The molecule has 1 aromatic carbocycles. The fourth-order valence-corrected chi connectivity index (χ4v) is 4.20. The van der Waals surface area contributed by atoms with Crippen molar-refractivity contribution in [3.8, 4) is 5.75 Å². The van der Waals surface area contributed by atoms with Gasteiger partial charge >= 0.3 is 0 Å². The summed E-state index contributed by atoms with van der Waals surface area (Å²) >= 11 is 1.50. The Kier molecular flexibility index (Phi) is 8.01. The number of hydrogen-bond acceptors (Lipinski definition) is 6. The van der Waals surface area contributed by atoms with Crippen LogP contribution in [0.1, 0.15) is 29.9 Å². The number of carbonyl (C=O) groups excluding carboxylic acids is 1. The third-order valence-corrected chi connectivity index (χ3v) is 5.96. The number of ether oxygens (including phenoxy) is 1. The maximum absolute atomic E-state index is 13.4. The molecule has 0 atom stereocenters. The van der Waals surface area contributed by atoms with E-state index in [4.69, 9.17) is 9.72 Å². The molecule has 3 rings (SSSR count). The molecule has 0 saturated carbocycles. The third kappa shape index (κ3) is 4.88. The minimum Gasteiger partial charge on any atom is -0.497 e. The molecule has 0 spiro atoms. The number of rotatable bonds is 8. The van der Waals surface area contributed by atoms with Gasteiger partial charge in [-0.3, -0.25) is 14.4 Å². The van der Waals surface area contributed by atoms with Gasteiger partial charge < -0.3 is 9.64 Å². The van der Waals surface area contributed by atoms with Crippen molar-refractivity contribution in [3.05, 3.63) is 35.7 Å². The van der Waals surface area contributed by atoms with Crippen LogP contribution in [0.25, 0.3) is 10.2 Å². The first kappa shape index (κ1) is 23.1. The highest BCUT2D eigenvalue weighted by atomic mass is 35.5. The molecule has 7 nitrogen and oxygen atoms in total. The number of halogens is 1. The van der Waals surface area contributed by atoms with Crippen molar-refractivity contribution >= 4 is 45.0 Å². The van der Waals surface area contributed by atoms with E-state index in [1.54, 1.807) is 29.9 Å². The summed E-state index contributed by atoms with van der Waals surface area (Å²) in [5.41, 5.74) is 2.32. The Balaban J connectivity index is 0.00000300. The second-order valence-electron chi connectivity index (χ2n) is 6.61. The van der Waals surface area contributed by atoms with E-state index in [9.17, 15) is 4.79 Å². The minimum atomic E-state index is -0.0734. The normalized spacial score (nSPS) is 11.0. The molecule has 0 aliphatic rings. The van der Waals surface area contributed by atoms with Gasteiger partial charge in [0.25, 0.3) is 5.91 Å². The summed E-state index contributed by atoms with van der Waals surface area (Å²) in [7, 11) is 3.44. The van der Waals surface area contributed by atoms with Crippen LogP contribution >= 0.6 is 23.7 Å². The van der Waals surface area contributed by atoms with E-state index < -0.39 is 0 Å². The molecule has 158 valence electrons. The van der Waals surface area contributed by atoms with Crippen molar-refractivity contribution in [2.75, 3.05) is 38.2 Å². The first-order chi connectivity index (χ1) is 13.5. The number of thiazole rings is 1. The summed E-state index contributed by atoms with van der Waals surface area (Å²) in [6.45, 7) is 9.42. The van der Waals surface area contributed by atoms with Gasteiger partial charge in [-0.25, -0.2) is 4.98 Å². The summed E-state index contributed by atoms with van der Waals surface area (Å²) in [6, 6.07) is 5.77. The van der Waals surface area contributed by atoms with Crippen LogP contribution in [0.5, 0.6) is 5.75 Å². The van der Waals surface area contributed by atoms with Crippen LogP contribution in [0.3, 0.4) is 0 Å². The summed E-state index contributed by atoms with van der Waals surface area (Å²) in [4.78, 5) is 22.2. The Bertz CT molecular complexity index is 948. The summed E-state index contributed by atoms with van der Waals surface area (Å²) in [6.07, 6.45) is 1.72. The van der Waals surface area contributed by atoms with Crippen LogP contribution in [0, 0.1) is 6.92 Å². The van der Waals surface area contributed by atoms with Gasteiger partial charge in [0.05, 0.1) is 23.5 Å². The molecular weight excluding hydrogens is 410 g/mol. The Morgan fingerprint density at radius 2 is 1.97 bits per heavy atom. The third-order valence-electron chi connectivity index (χ3n) is 4.92. The van der Waals surface area contributed by atoms with Gasteiger partial charge in [-0.2, -0.15) is 5.10 Å². The molecule has 0 fully saturated rings. The molecule has 2 heterocycles. The van der Waals surface area contributed by atoms with Crippen LogP contribution < -0.4 is 9.64 Å². The molecule has 1 amide bonds. The molecule has 3 aromatic rings. The number of likely N-dealkylation sites (N-methyl/N-ethyl adjacent to an activating group) is 1. The molecule has 2 aromatic heterocycles. The first-order valence-electron chi connectivity index (χ1n) is 9.45. The second kappa shape index (κ2) is 10.0. The fraction of sp³-hybridized carbons (Fsp3) is 0.450. The van der Waals surface area contributed by atoms with E-state index in [0.29, 0.717) is 17.4 Å². The molecular formula is C20H28ClN5O2S. The Morgan fingerprint density at radius 1 is 1.24 bits per heavy atom. The number of amides is 1. The van der Waals surface area contributed by atoms with Gasteiger partial charge in [0.2, 0.25) is 0 Å². The molecule has 0 aliphatic heterocycles. The largest absolute Gasteiger partial charge is 0.497 e. The minimum absolute atomic E-state index is 0. The van der Waals surface area contributed by atoms with Crippen molar-refractivity contribution in [1.82, 2.24) is 19.7 Å². The van der Waals surface area contributed by atoms with Crippen LogP contribution in [-0.2, 0) is 7.05 Å². The Hall–Kier alpha value is -2.16. The second-order valence-corrected chi connectivity index (χ2v) is 7.62. The molecule has 0 radical (unpaired) electrons. The van der Waals surface area contributed by atoms with E-state index in [1.165, 1.54) is 11.3 Å². The maximum atomic E-state index is 13.4. The number of carbonyl (C=O) groups is 1. The predicted octanol–water partition coefficient (Wildman–Crippen LogP) is 3.76. The highest BCUT2D eigenvalue weighted by molar-refractivity contribution is 7.22. The standard InChI is InChI=1S/C20H27N5O2S.ClH/c1-6-24(7-2)10-11-25(19(26)18-14(3)13-21-23(18)4)20-22-16-9-8-15(27-5)12-17(16)28-20;/h8-9,12-13H,6-7,10-11H2,1-5H3;1H. The predicted molar refractivity (Wildman–Crippen MR) is 121 cm³/mol. The average Bonchev–Trinajstić information content (AvgIpc) is 3.26. The maximum Gasteiger partial charge on any atom is 0.278 e. The Labute approximate surface area is 181 Å². The SMILES string of the molecule is CCN(CC)CCN(C(=O)c1c(C)cnn1C)c1nc2ccc(OC)cc2s1.Cl. The number of nitrogens with zero attached hydrogens (tertiary/aromatic N) is 5. The number of methoxy groups -OCH3 is 1. The first-order valence-corrected chi connectivity index (χ1v) is 10.3. The molecule has 9 heteroatoms. The lowest BCUT2D eigenvalue weighted by atomic mass is 10.2. The van der Waals surface area contributed by atoms with E-state index >= 15 is 0 Å². The van der Waals surface area contributed by atoms with Gasteiger partial charge in [-0.05, 0) is 43.8 Å². The molecule has 0 N–H and O–H groups in total. The van der Waals surface area contributed by atoms with Gasteiger partial charge in [0.15, 0.2) is 5.13 Å². The smallest absolute Gasteiger partial charge is 0.278 e. The molecule has 0 saturated heterocycles. The number of fused-ring (bicyclic) bond motifs is 1. The van der Waals surface area contributed by atoms with Crippen LogP contribution in [0.2, 0.25) is 0 Å². The lowest BCUT2D eigenvalue weighted by Crippen LogP contribution is -2.39. The zero-order valence-electron chi connectivity index (χ0n) is 17.5. The van der Waals surface area contributed by atoms with Crippen molar-refractivity contribution < 1.29 is 9.53 Å². The highest BCUT2D eigenvalue weighted by Crippen LogP contribution is 2.32. The van der Waals surface area contributed by atoms with E-state index in [0.717, 1.165) is 41.2 Å². The highest BCUT2D eigenvalue weighted by Gasteiger charge is 2.25.